The zero-order chi connectivity index (χ0) is 20.7. The minimum Gasteiger partial charge on any atom is -0.495 e. The average molecular weight is 413 g/mol. The van der Waals surface area contributed by atoms with E-state index in [-0.39, 0.29) is 29.0 Å². The van der Waals surface area contributed by atoms with Crippen LogP contribution in [0.5, 0.6) is 5.75 Å². The summed E-state index contributed by atoms with van der Waals surface area (Å²) in [6.07, 6.45) is 2.09. The molecule has 0 radical (unpaired) electrons. The molecule has 1 unspecified atom stereocenters. The van der Waals surface area contributed by atoms with Gasteiger partial charge in [0.05, 0.1) is 26.7 Å². The fraction of sp³-hybridized carbons (Fsp3) is 0.650. The lowest BCUT2D eigenvalue weighted by Crippen LogP contribution is -2.40. The highest BCUT2D eigenvalue weighted by molar-refractivity contribution is 7.89. The number of amides is 1. The Morgan fingerprint density at radius 1 is 1.21 bits per heavy atom. The Morgan fingerprint density at radius 2 is 1.89 bits per heavy atom. The van der Waals surface area contributed by atoms with E-state index in [9.17, 15) is 13.2 Å². The van der Waals surface area contributed by atoms with Crippen molar-refractivity contribution >= 4 is 15.9 Å². The second-order valence-electron chi connectivity index (χ2n) is 7.62. The Bertz CT molecular complexity index is 758. The van der Waals surface area contributed by atoms with E-state index >= 15 is 0 Å². The van der Waals surface area contributed by atoms with Crippen molar-refractivity contribution in [1.29, 1.82) is 0 Å². The van der Waals surface area contributed by atoms with Gasteiger partial charge in [0, 0.05) is 19.1 Å². The van der Waals surface area contributed by atoms with Crippen LogP contribution in [0.4, 0.5) is 0 Å². The molecule has 1 atom stereocenters. The molecule has 7 nitrogen and oxygen atoms in total. The predicted molar refractivity (Wildman–Crippen MR) is 108 cm³/mol. The van der Waals surface area contributed by atoms with Gasteiger partial charge in [-0.25, -0.2) is 8.42 Å². The van der Waals surface area contributed by atoms with E-state index in [4.69, 9.17) is 9.47 Å². The second kappa shape index (κ2) is 10.2. The number of nitrogens with one attached hydrogen (secondary N) is 1. The number of nitrogens with zero attached hydrogens (tertiary/aromatic N) is 1. The standard InChI is InChI=1S/C20H32N2O5S/c1-15(2)5-6-16(3)21-20(23)14-17-7-8-18(26-4)19(13-17)28(24,25)22-9-11-27-12-10-22/h7-8,13,15-16H,5-6,9-12,14H2,1-4H3,(H,21,23). The fourth-order valence-electron chi connectivity index (χ4n) is 3.13. The maximum atomic E-state index is 13.0. The highest BCUT2D eigenvalue weighted by atomic mass is 32.2. The van der Waals surface area contributed by atoms with E-state index in [1.165, 1.54) is 11.4 Å². The third-order valence-electron chi connectivity index (χ3n) is 4.77. The maximum Gasteiger partial charge on any atom is 0.246 e. The van der Waals surface area contributed by atoms with Gasteiger partial charge in [0.25, 0.3) is 0 Å². The first-order chi connectivity index (χ1) is 13.2. The first-order valence-electron chi connectivity index (χ1n) is 9.78. The summed E-state index contributed by atoms with van der Waals surface area (Å²) < 4.78 is 37.9. The van der Waals surface area contributed by atoms with Crippen molar-refractivity contribution in [2.24, 2.45) is 5.92 Å². The summed E-state index contributed by atoms with van der Waals surface area (Å²) in [5.41, 5.74) is 0.640. The van der Waals surface area contributed by atoms with Crippen LogP contribution in [-0.2, 0) is 26.0 Å². The molecule has 1 N–H and O–H groups in total. The van der Waals surface area contributed by atoms with Gasteiger partial charge < -0.3 is 14.8 Å². The Hall–Kier alpha value is -1.64. The fourth-order valence-corrected chi connectivity index (χ4v) is 4.74. The molecular weight excluding hydrogens is 380 g/mol. The summed E-state index contributed by atoms with van der Waals surface area (Å²) in [5, 5.41) is 2.99. The number of rotatable bonds is 9. The first kappa shape index (κ1) is 22.6. The molecule has 8 heteroatoms. The molecule has 28 heavy (non-hydrogen) atoms. The van der Waals surface area contributed by atoms with Crippen molar-refractivity contribution in [3.63, 3.8) is 0 Å². The number of ether oxygens (including phenoxy) is 2. The predicted octanol–water partition coefficient (Wildman–Crippen LogP) is 2.20. The molecule has 1 saturated heterocycles. The largest absolute Gasteiger partial charge is 0.495 e. The third kappa shape index (κ3) is 6.18. The average Bonchev–Trinajstić information content (AvgIpc) is 2.67. The number of benzene rings is 1. The zero-order valence-corrected chi connectivity index (χ0v) is 18.0. The lowest BCUT2D eigenvalue weighted by molar-refractivity contribution is -0.121. The molecular formula is C20H32N2O5S. The van der Waals surface area contributed by atoms with Crippen molar-refractivity contribution < 1.29 is 22.7 Å². The Labute approximate surface area is 168 Å². The summed E-state index contributed by atoms with van der Waals surface area (Å²) in [5.74, 6) is 0.756. The van der Waals surface area contributed by atoms with Gasteiger partial charge in [0.15, 0.2) is 0 Å². The van der Waals surface area contributed by atoms with Crippen LogP contribution >= 0.6 is 0 Å². The quantitative estimate of drug-likeness (QED) is 0.672. The van der Waals surface area contributed by atoms with Crippen LogP contribution in [0, 0.1) is 5.92 Å². The number of morpholine rings is 1. The van der Waals surface area contributed by atoms with Gasteiger partial charge in [-0.05, 0) is 43.4 Å². The van der Waals surface area contributed by atoms with E-state index in [1.807, 2.05) is 6.92 Å². The zero-order valence-electron chi connectivity index (χ0n) is 17.2. The van der Waals surface area contributed by atoms with Crippen LogP contribution < -0.4 is 10.1 Å². The molecule has 0 aromatic heterocycles. The lowest BCUT2D eigenvalue weighted by atomic mass is 10.0. The molecule has 1 amide bonds. The van der Waals surface area contributed by atoms with Gasteiger partial charge in [0.2, 0.25) is 15.9 Å². The monoisotopic (exact) mass is 412 g/mol. The molecule has 1 heterocycles. The van der Waals surface area contributed by atoms with Crippen molar-refractivity contribution in [1.82, 2.24) is 9.62 Å². The van der Waals surface area contributed by atoms with Crippen LogP contribution in [0.1, 0.15) is 39.2 Å². The summed E-state index contributed by atoms with van der Waals surface area (Å²) in [6.45, 7) is 7.66. The first-order valence-corrected chi connectivity index (χ1v) is 11.2. The summed E-state index contributed by atoms with van der Waals surface area (Å²) >= 11 is 0. The lowest BCUT2D eigenvalue weighted by Gasteiger charge is -2.26. The van der Waals surface area contributed by atoms with Crippen molar-refractivity contribution in [3.05, 3.63) is 23.8 Å². The van der Waals surface area contributed by atoms with E-state index in [2.05, 4.69) is 19.2 Å². The molecule has 1 fully saturated rings. The normalized spacial score (nSPS) is 16.8. The van der Waals surface area contributed by atoms with Gasteiger partial charge in [-0.1, -0.05) is 19.9 Å². The van der Waals surface area contributed by atoms with Crippen LogP contribution in [0.25, 0.3) is 0 Å². The maximum absolute atomic E-state index is 13.0. The number of carbonyl (C=O) groups excluding carboxylic acids is 1. The summed E-state index contributed by atoms with van der Waals surface area (Å²) in [4.78, 5) is 12.5. The molecule has 1 aliphatic rings. The van der Waals surface area contributed by atoms with Crippen molar-refractivity contribution in [3.8, 4) is 5.75 Å². The molecule has 158 valence electrons. The van der Waals surface area contributed by atoms with E-state index in [1.54, 1.807) is 18.2 Å². The Kier molecular flexibility index (Phi) is 8.27. The number of sulfonamides is 1. The highest BCUT2D eigenvalue weighted by Crippen LogP contribution is 2.28. The Balaban J connectivity index is 2.12. The molecule has 2 rings (SSSR count). The van der Waals surface area contributed by atoms with E-state index < -0.39 is 10.0 Å². The van der Waals surface area contributed by atoms with Gasteiger partial charge in [-0.3, -0.25) is 4.79 Å². The second-order valence-corrected chi connectivity index (χ2v) is 9.52. The van der Waals surface area contributed by atoms with Crippen molar-refractivity contribution in [2.75, 3.05) is 33.4 Å². The SMILES string of the molecule is COc1ccc(CC(=O)NC(C)CCC(C)C)cc1S(=O)(=O)N1CCOCC1. The number of carbonyl (C=O) groups is 1. The number of hydrogen-bond donors (Lipinski definition) is 1. The van der Waals surface area contributed by atoms with Gasteiger partial charge in [-0.15, -0.1) is 0 Å². The molecule has 0 bridgehead atoms. The third-order valence-corrected chi connectivity index (χ3v) is 6.68. The molecule has 0 spiro atoms. The van der Waals surface area contributed by atoms with Gasteiger partial charge in [-0.2, -0.15) is 4.31 Å². The van der Waals surface area contributed by atoms with Crippen LogP contribution in [0.3, 0.4) is 0 Å². The number of hydrogen-bond acceptors (Lipinski definition) is 5. The van der Waals surface area contributed by atoms with Crippen LogP contribution in [-0.4, -0.2) is 58.1 Å². The summed E-state index contributed by atoms with van der Waals surface area (Å²) in [7, 11) is -2.27. The molecule has 1 aromatic rings. The minimum atomic E-state index is -3.71. The molecule has 0 saturated carbocycles. The molecule has 1 aromatic carbocycles. The molecule has 1 aliphatic heterocycles. The molecule has 0 aliphatic carbocycles. The minimum absolute atomic E-state index is 0.0877. The van der Waals surface area contributed by atoms with Crippen LogP contribution in [0.15, 0.2) is 23.1 Å². The number of methoxy groups -OCH3 is 1. The summed E-state index contributed by atoms with van der Waals surface area (Å²) in [6, 6.07) is 4.97. The topological polar surface area (TPSA) is 84.9 Å². The van der Waals surface area contributed by atoms with Gasteiger partial charge >= 0.3 is 0 Å². The van der Waals surface area contributed by atoms with Gasteiger partial charge in [0.1, 0.15) is 10.6 Å². The van der Waals surface area contributed by atoms with Crippen LogP contribution in [0.2, 0.25) is 0 Å². The van der Waals surface area contributed by atoms with E-state index in [0.29, 0.717) is 37.8 Å². The smallest absolute Gasteiger partial charge is 0.246 e. The highest BCUT2D eigenvalue weighted by Gasteiger charge is 2.29. The van der Waals surface area contributed by atoms with Crippen molar-refractivity contribution in [2.45, 2.75) is 51.0 Å². The van der Waals surface area contributed by atoms with E-state index in [0.717, 1.165) is 12.8 Å². The Morgan fingerprint density at radius 3 is 2.50 bits per heavy atom.